The number of aryl methyl sites for hydroxylation is 1. The summed E-state index contributed by atoms with van der Waals surface area (Å²) in [5, 5.41) is 7.99. The highest BCUT2D eigenvalue weighted by molar-refractivity contribution is 5.81. The molecule has 1 aromatic heterocycles. The molecule has 122 valence electrons. The van der Waals surface area contributed by atoms with Crippen LogP contribution in [-0.4, -0.2) is 15.7 Å². The monoisotopic (exact) mass is 325 g/mol. The number of aromatic nitrogens is 2. The van der Waals surface area contributed by atoms with Gasteiger partial charge in [-0.05, 0) is 30.2 Å². The summed E-state index contributed by atoms with van der Waals surface area (Å²) in [6.07, 6.45) is 1.56. The van der Waals surface area contributed by atoms with Gasteiger partial charge >= 0.3 is 0 Å². The van der Waals surface area contributed by atoms with Crippen molar-refractivity contribution < 1.29 is 9.18 Å². The summed E-state index contributed by atoms with van der Waals surface area (Å²) >= 11 is 0. The fourth-order valence-electron chi connectivity index (χ4n) is 2.45. The van der Waals surface area contributed by atoms with Gasteiger partial charge in [0.2, 0.25) is 5.91 Å². The summed E-state index contributed by atoms with van der Waals surface area (Å²) in [5.41, 5.74) is 1.01. The zero-order valence-corrected chi connectivity index (χ0v) is 13.1. The van der Waals surface area contributed by atoms with Crippen LogP contribution in [0.3, 0.4) is 0 Å². The van der Waals surface area contributed by atoms with E-state index in [-0.39, 0.29) is 30.4 Å². The van der Waals surface area contributed by atoms with Gasteiger partial charge in [0.1, 0.15) is 12.4 Å². The number of rotatable bonds is 4. The molecule has 24 heavy (non-hydrogen) atoms. The van der Waals surface area contributed by atoms with Crippen molar-refractivity contribution in [1.82, 2.24) is 15.1 Å². The number of hydrogen-bond acceptors (Lipinski definition) is 3. The van der Waals surface area contributed by atoms with Gasteiger partial charge in [-0.2, -0.15) is 5.10 Å². The maximum atomic E-state index is 13.2. The maximum absolute atomic E-state index is 13.2. The number of fused-ring (bicyclic) bond motifs is 1. The number of amides is 1. The quantitative estimate of drug-likeness (QED) is 0.799. The first-order valence-corrected chi connectivity index (χ1v) is 7.51. The average Bonchev–Trinajstić information content (AvgIpc) is 2.59. The molecule has 0 aliphatic heterocycles. The van der Waals surface area contributed by atoms with Crippen LogP contribution in [0.25, 0.3) is 10.8 Å². The van der Waals surface area contributed by atoms with Gasteiger partial charge in [-0.1, -0.05) is 30.3 Å². The highest BCUT2D eigenvalue weighted by atomic mass is 19.1. The molecule has 3 rings (SSSR count). The molecule has 2 aromatic carbocycles. The van der Waals surface area contributed by atoms with Crippen LogP contribution >= 0.6 is 0 Å². The Labute approximate surface area is 137 Å². The third-order valence-corrected chi connectivity index (χ3v) is 3.77. The molecule has 0 aliphatic carbocycles. The summed E-state index contributed by atoms with van der Waals surface area (Å²) in [6, 6.07) is 11.8. The van der Waals surface area contributed by atoms with Crippen LogP contribution < -0.4 is 10.9 Å². The van der Waals surface area contributed by atoms with E-state index in [1.165, 1.54) is 6.07 Å². The Hall–Kier alpha value is -3.02. The fraction of sp³-hybridized carbons (Fsp3) is 0.167. The van der Waals surface area contributed by atoms with Crippen LogP contribution in [0.5, 0.6) is 0 Å². The van der Waals surface area contributed by atoms with E-state index in [2.05, 4.69) is 10.4 Å². The first kappa shape index (κ1) is 15.9. The molecule has 0 radical (unpaired) electrons. The van der Waals surface area contributed by atoms with Crippen molar-refractivity contribution in [2.45, 2.75) is 20.0 Å². The minimum Gasteiger partial charge on any atom is -0.350 e. The second-order valence-electron chi connectivity index (χ2n) is 5.55. The molecule has 1 heterocycles. The summed E-state index contributed by atoms with van der Waals surface area (Å²) in [5.74, 6) is -0.612. The topological polar surface area (TPSA) is 64.0 Å². The Morgan fingerprint density at radius 2 is 2.04 bits per heavy atom. The molecule has 0 unspecified atom stereocenters. The van der Waals surface area contributed by atoms with Crippen molar-refractivity contribution in [3.05, 3.63) is 76.0 Å². The molecule has 0 saturated heterocycles. The molecule has 1 amide bonds. The first-order valence-electron chi connectivity index (χ1n) is 7.51. The predicted molar refractivity (Wildman–Crippen MR) is 89.0 cm³/mol. The number of hydrogen-bond donors (Lipinski definition) is 1. The number of carbonyl (C=O) groups is 1. The van der Waals surface area contributed by atoms with Crippen LogP contribution in [-0.2, 0) is 17.9 Å². The van der Waals surface area contributed by atoms with E-state index in [0.29, 0.717) is 10.9 Å². The lowest BCUT2D eigenvalue weighted by Gasteiger charge is -2.08. The maximum Gasteiger partial charge on any atom is 0.275 e. The second-order valence-corrected chi connectivity index (χ2v) is 5.55. The van der Waals surface area contributed by atoms with Crippen LogP contribution in [0.2, 0.25) is 0 Å². The Morgan fingerprint density at radius 1 is 1.25 bits per heavy atom. The van der Waals surface area contributed by atoms with E-state index in [9.17, 15) is 14.0 Å². The van der Waals surface area contributed by atoms with E-state index in [0.717, 1.165) is 15.6 Å². The van der Waals surface area contributed by atoms with E-state index in [4.69, 9.17) is 0 Å². The number of nitrogens with zero attached hydrogens (tertiary/aromatic N) is 2. The van der Waals surface area contributed by atoms with E-state index in [1.807, 2.05) is 6.07 Å². The number of benzene rings is 2. The summed E-state index contributed by atoms with van der Waals surface area (Å²) in [6.45, 7) is 1.77. The Bertz CT molecular complexity index is 966. The summed E-state index contributed by atoms with van der Waals surface area (Å²) in [4.78, 5) is 24.3. The Balaban J connectivity index is 1.70. The zero-order valence-electron chi connectivity index (χ0n) is 13.1. The minimum atomic E-state index is -0.332. The lowest BCUT2D eigenvalue weighted by Crippen LogP contribution is -2.33. The van der Waals surface area contributed by atoms with Crippen molar-refractivity contribution in [2.24, 2.45) is 0 Å². The summed E-state index contributed by atoms with van der Waals surface area (Å²) < 4.78 is 14.4. The van der Waals surface area contributed by atoms with E-state index < -0.39 is 0 Å². The third kappa shape index (κ3) is 3.32. The molecule has 0 fully saturated rings. The number of carbonyl (C=O) groups excluding carboxylic acids is 1. The van der Waals surface area contributed by atoms with Crippen LogP contribution in [0.4, 0.5) is 4.39 Å². The van der Waals surface area contributed by atoms with E-state index >= 15 is 0 Å². The molecule has 0 atom stereocenters. The van der Waals surface area contributed by atoms with Gasteiger partial charge in [0.15, 0.2) is 0 Å². The first-order chi connectivity index (χ1) is 11.5. The van der Waals surface area contributed by atoms with Crippen molar-refractivity contribution in [2.75, 3.05) is 0 Å². The van der Waals surface area contributed by atoms with Crippen LogP contribution in [0.15, 0.2) is 53.5 Å². The fourth-order valence-corrected chi connectivity index (χ4v) is 2.45. The van der Waals surface area contributed by atoms with Gasteiger partial charge in [-0.25, -0.2) is 9.07 Å². The molecule has 0 spiro atoms. The lowest BCUT2D eigenvalue weighted by molar-refractivity contribution is -0.122. The van der Waals surface area contributed by atoms with Gasteiger partial charge in [0.05, 0.1) is 11.6 Å². The van der Waals surface area contributed by atoms with E-state index in [1.54, 1.807) is 43.5 Å². The zero-order chi connectivity index (χ0) is 17.1. The predicted octanol–water partition coefficient (Wildman–Crippen LogP) is 2.16. The summed E-state index contributed by atoms with van der Waals surface area (Å²) in [7, 11) is 0. The SMILES string of the molecule is Cc1cc(CNC(=O)Cn2ncc3ccccc3c2=O)ccc1F. The average molecular weight is 325 g/mol. The highest BCUT2D eigenvalue weighted by Gasteiger charge is 2.08. The molecular formula is C18H16FN3O2. The molecule has 6 heteroatoms. The molecule has 0 saturated carbocycles. The largest absolute Gasteiger partial charge is 0.350 e. The van der Waals surface area contributed by atoms with Gasteiger partial charge in [0.25, 0.3) is 5.56 Å². The van der Waals surface area contributed by atoms with Gasteiger partial charge in [-0.15, -0.1) is 0 Å². The smallest absolute Gasteiger partial charge is 0.275 e. The Kier molecular flexibility index (Phi) is 4.37. The highest BCUT2D eigenvalue weighted by Crippen LogP contribution is 2.09. The third-order valence-electron chi connectivity index (χ3n) is 3.77. The van der Waals surface area contributed by atoms with Crippen molar-refractivity contribution in [3.8, 4) is 0 Å². The Morgan fingerprint density at radius 3 is 2.83 bits per heavy atom. The molecule has 5 nitrogen and oxygen atoms in total. The lowest BCUT2D eigenvalue weighted by atomic mass is 10.1. The van der Waals surface area contributed by atoms with Crippen LogP contribution in [0, 0.1) is 12.7 Å². The van der Waals surface area contributed by atoms with Crippen molar-refractivity contribution in [1.29, 1.82) is 0 Å². The molecule has 3 aromatic rings. The van der Waals surface area contributed by atoms with Crippen molar-refractivity contribution >= 4 is 16.7 Å². The minimum absolute atomic E-state index is 0.163. The van der Waals surface area contributed by atoms with Gasteiger partial charge in [0, 0.05) is 11.9 Å². The number of halogens is 1. The van der Waals surface area contributed by atoms with Crippen molar-refractivity contribution in [3.63, 3.8) is 0 Å². The molecule has 1 N–H and O–H groups in total. The van der Waals surface area contributed by atoms with Gasteiger partial charge < -0.3 is 5.32 Å². The molecular weight excluding hydrogens is 309 g/mol. The van der Waals surface area contributed by atoms with Gasteiger partial charge in [-0.3, -0.25) is 9.59 Å². The molecule has 0 bridgehead atoms. The second kappa shape index (κ2) is 6.62. The number of nitrogens with one attached hydrogen (secondary N) is 1. The normalized spacial score (nSPS) is 10.8. The molecule has 0 aliphatic rings. The van der Waals surface area contributed by atoms with Crippen LogP contribution in [0.1, 0.15) is 11.1 Å². The standard InChI is InChI=1S/C18H16FN3O2/c1-12-8-13(6-7-16(12)19)9-20-17(23)11-22-18(24)15-5-3-2-4-14(15)10-21-22/h2-8,10H,9,11H2,1H3,(H,20,23).